The molecule has 0 spiro atoms. The van der Waals surface area contributed by atoms with Gasteiger partial charge in [-0.05, 0) is 20.8 Å². The number of carbonyl (C=O) groups excluding carboxylic acids is 2. The third-order valence-electron chi connectivity index (χ3n) is 6.41. The van der Waals surface area contributed by atoms with Crippen molar-refractivity contribution in [2.24, 2.45) is 0 Å². The predicted molar refractivity (Wildman–Crippen MR) is 154 cm³/mol. The first-order chi connectivity index (χ1) is 20.8. The Morgan fingerprint density at radius 2 is 1.64 bits per heavy atom. The van der Waals surface area contributed by atoms with Crippen LogP contribution < -0.4 is 21.5 Å². The molecule has 3 aromatic rings. The lowest BCUT2D eigenvalue weighted by Gasteiger charge is -2.28. The van der Waals surface area contributed by atoms with Crippen molar-refractivity contribution < 1.29 is 37.4 Å². The van der Waals surface area contributed by atoms with Gasteiger partial charge in [-0.2, -0.15) is 18.2 Å². The van der Waals surface area contributed by atoms with Gasteiger partial charge >= 0.3 is 23.8 Å². The number of ketones is 1. The molecule has 13 nitrogen and oxygen atoms in total. The highest BCUT2D eigenvalue weighted by Gasteiger charge is 2.38. The molecule has 44 heavy (non-hydrogen) atoms. The van der Waals surface area contributed by atoms with Gasteiger partial charge in [0.1, 0.15) is 6.54 Å². The second kappa shape index (κ2) is 14.6. The van der Waals surface area contributed by atoms with E-state index in [4.69, 9.17) is 19.6 Å². The highest BCUT2D eigenvalue weighted by atomic mass is 19.4. The molecule has 4 rings (SSSR count). The second-order valence-corrected chi connectivity index (χ2v) is 9.87. The average Bonchev–Trinajstić information content (AvgIpc) is 3.36. The molecule has 2 N–H and O–H groups in total. The van der Waals surface area contributed by atoms with Crippen molar-refractivity contribution in [3.63, 3.8) is 0 Å². The number of rotatable bonds is 9. The first kappa shape index (κ1) is 33.8. The zero-order valence-electron chi connectivity index (χ0n) is 24.4. The van der Waals surface area contributed by atoms with Crippen LogP contribution in [0.15, 0.2) is 51.6 Å². The number of carboxylic acid groups (broad SMARTS) is 1. The van der Waals surface area contributed by atoms with Crippen LogP contribution in [0.1, 0.15) is 31.1 Å². The van der Waals surface area contributed by atoms with Gasteiger partial charge in [0, 0.05) is 38.3 Å². The number of imidazole rings is 1. The van der Waals surface area contributed by atoms with Crippen LogP contribution in [0.3, 0.4) is 0 Å². The van der Waals surface area contributed by atoms with Crippen LogP contribution in [0.4, 0.5) is 19.1 Å². The van der Waals surface area contributed by atoms with E-state index in [1.807, 2.05) is 24.8 Å². The second-order valence-electron chi connectivity index (χ2n) is 9.87. The van der Waals surface area contributed by atoms with Crippen LogP contribution in [-0.4, -0.2) is 80.5 Å². The summed E-state index contributed by atoms with van der Waals surface area (Å²) in [5, 5.41) is 10.4. The fourth-order valence-electron chi connectivity index (χ4n) is 4.31. The molecule has 1 aromatic carbocycles. The van der Waals surface area contributed by atoms with Crippen molar-refractivity contribution in [3.05, 3.63) is 68.4 Å². The van der Waals surface area contributed by atoms with Gasteiger partial charge in [0.2, 0.25) is 5.95 Å². The largest absolute Gasteiger partial charge is 0.490 e. The number of hydrogen-bond acceptors (Lipinski definition) is 9. The minimum atomic E-state index is -5.08. The Hall–Kier alpha value is -4.73. The molecule has 0 atom stereocenters. The van der Waals surface area contributed by atoms with Crippen LogP contribution in [-0.2, 0) is 34.0 Å². The van der Waals surface area contributed by atoms with E-state index in [1.165, 1.54) is 0 Å². The van der Waals surface area contributed by atoms with Gasteiger partial charge in [0.15, 0.2) is 16.9 Å². The molecule has 0 unspecified atom stereocenters. The zero-order valence-corrected chi connectivity index (χ0v) is 24.4. The Labute approximate surface area is 249 Å². The Balaban J connectivity index is 0.000000676. The summed E-state index contributed by atoms with van der Waals surface area (Å²) in [5.41, 5.74) is 0.282. The van der Waals surface area contributed by atoms with E-state index in [0.29, 0.717) is 31.1 Å². The third-order valence-corrected chi connectivity index (χ3v) is 6.41. The maximum Gasteiger partial charge on any atom is 0.490 e. The topological polar surface area (TPSA) is 158 Å². The van der Waals surface area contributed by atoms with Gasteiger partial charge in [-0.1, -0.05) is 42.0 Å². The van der Waals surface area contributed by atoms with Crippen LogP contribution in [0.25, 0.3) is 11.2 Å². The lowest BCUT2D eigenvalue weighted by molar-refractivity contribution is -0.192. The lowest BCUT2D eigenvalue weighted by Crippen LogP contribution is -2.44. The summed E-state index contributed by atoms with van der Waals surface area (Å²) in [6.07, 6.45) is -3.12. The van der Waals surface area contributed by atoms with E-state index < -0.39 is 42.5 Å². The SMILES string of the molecule is CCOC(=O)Cn1c(=O)n(CC(=O)c2ccccc2)c(=O)c2c1nc(N1CCNCC1)n2CC=C(C)C.O=C(O)C(F)(F)F. The maximum atomic E-state index is 13.8. The van der Waals surface area contributed by atoms with E-state index in [2.05, 4.69) is 5.32 Å². The molecule has 1 aliphatic rings. The number of anilines is 1. The first-order valence-electron chi connectivity index (χ1n) is 13.6. The van der Waals surface area contributed by atoms with Crippen LogP contribution in [0, 0.1) is 0 Å². The third kappa shape index (κ3) is 8.21. The molecule has 16 heteroatoms. The molecule has 0 aliphatic carbocycles. The van der Waals surface area contributed by atoms with Crippen molar-refractivity contribution in [1.29, 1.82) is 0 Å². The monoisotopic (exact) mass is 622 g/mol. The molecule has 1 fully saturated rings. The molecule has 0 amide bonds. The summed E-state index contributed by atoms with van der Waals surface area (Å²) in [7, 11) is 0. The van der Waals surface area contributed by atoms with E-state index in [-0.39, 0.29) is 23.6 Å². The fraction of sp³-hybridized carbons (Fsp3) is 0.429. The predicted octanol–water partition coefficient (Wildman–Crippen LogP) is 1.81. The summed E-state index contributed by atoms with van der Waals surface area (Å²) < 4.78 is 40.6. The van der Waals surface area contributed by atoms with Gasteiger partial charge in [-0.3, -0.25) is 23.5 Å². The highest BCUT2D eigenvalue weighted by molar-refractivity contribution is 5.96. The molecule has 3 heterocycles. The zero-order chi connectivity index (χ0) is 32.6. The average molecular weight is 623 g/mol. The number of allylic oxidation sites excluding steroid dienone is 2. The number of carboxylic acids is 1. The van der Waals surface area contributed by atoms with Crippen LogP contribution in [0.2, 0.25) is 0 Å². The number of fused-ring (bicyclic) bond motifs is 1. The molecule has 2 aromatic heterocycles. The molecule has 238 valence electrons. The number of esters is 1. The molecule has 0 saturated carbocycles. The van der Waals surface area contributed by atoms with E-state index in [9.17, 15) is 32.3 Å². The van der Waals surface area contributed by atoms with E-state index >= 15 is 0 Å². The van der Waals surface area contributed by atoms with Gasteiger partial charge in [0.05, 0.1) is 13.2 Å². The number of halogens is 3. The van der Waals surface area contributed by atoms with Crippen molar-refractivity contribution in [2.45, 2.75) is 46.6 Å². The normalized spacial score (nSPS) is 13.2. The minimum absolute atomic E-state index is 0.0992. The molecule has 0 radical (unpaired) electrons. The highest BCUT2D eigenvalue weighted by Crippen LogP contribution is 2.21. The smallest absolute Gasteiger partial charge is 0.475 e. The van der Waals surface area contributed by atoms with Crippen molar-refractivity contribution in [1.82, 2.24) is 24.0 Å². The van der Waals surface area contributed by atoms with Crippen LogP contribution >= 0.6 is 0 Å². The fourth-order valence-corrected chi connectivity index (χ4v) is 4.31. The number of aromatic nitrogens is 4. The van der Waals surface area contributed by atoms with Gasteiger partial charge in [-0.25, -0.2) is 9.59 Å². The van der Waals surface area contributed by atoms with E-state index in [0.717, 1.165) is 27.8 Å². The number of ether oxygens (including phenoxy) is 1. The first-order valence-corrected chi connectivity index (χ1v) is 13.6. The lowest BCUT2D eigenvalue weighted by atomic mass is 10.1. The van der Waals surface area contributed by atoms with Crippen molar-refractivity contribution in [3.8, 4) is 0 Å². The number of Topliss-reactive ketones (excluding diaryl/α,β-unsaturated/α-hetero) is 1. The Kier molecular flexibility index (Phi) is 11.2. The summed E-state index contributed by atoms with van der Waals surface area (Å²) in [4.78, 5) is 68.5. The number of hydrogen-bond donors (Lipinski definition) is 2. The Morgan fingerprint density at radius 1 is 1.02 bits per heavy atom. The number of nitrogens with zero attached hydrogens (tertiary/aromatic N) is 5. The number of aliphatic carboxylic acids is 1. The number of piperazine rings is 1. The minimum Gasteiger partial charge on any atom is -0.475 e. The number of alkyl halides is 3. The summed E-state index contributed by atoms with van der Waals surface area (Å²) >= 11 is 0. The van der Waals surface area contributed by atoms with Crippen molar-refractivity contribution >= 4 is 34.8 Å². The number of nitrogens with one attached hydrogen (secondary N) is 1. The van der Waals surface area contributed by atoms with E-state index in [1.54, 1.807) is 41.8 Å². The Bertz CT molecular complexity index is 1650. The summed E-state index contributed by atoms with van der Waals surface area (Å²) in [6.45, 7) is 8.01. The molecule has 0 bridgehead atoms. The standard InChI is InChI=1S/C26H32N6O5.C2HF3O2/c1-4-37-21(34)17-31-23-22(24(35)32(26(31)36)16-20(33)19-8-6-5-7-9-19)30(13-10-18(2)3)25(28-23)29-14-11-27-12-15-29;3-2(4,5)1(6)7/h5-10,27H,4,11-17H2,1-3H3;(H,6,7). The quantitative estimate of drug-likeness (QED) is 0.205. The van der Waals surface area contributed by atoms with Gasteiger partial charge in [0.25, 0.3) is 5.56 Å². The van der Waals surface area contributed by atoms with Gasteiger partial charge in [-0.15, -0.1) is 0 Å². The van der Waals surface area contributed by atoms with Gasteiger partial charge < -0.3 is 24.6 Å². The maximum absolute atomic E-state index is 13.8. The molecule has 1 aliphatic heterocycles. The van der Waals surface area contributed by atoms with Crippen molar-refractivity contribution in [2.75, 3.05) is 37.7 Å². The molecular formula is C28H33F3N6O7. The number of benzene rings is 1. The molecule has 1 saturated heterocycles. The Morgan fingerprint density at radius 3 is 2.18 bits per heavy atom. The summed E-state index contributed by atoms with van der Waals surface area (Å²) in [5.74, 6) is -3.24. The van der Waals surface area contributed by atoms with Crippen LogP contribution in [0.5, 0.6) is 0 Å². The molecular weight excluding hydrogens is 589 g/mol. The summed E-state index contributed by atoms with van der Waals surface area (Å²) in [6, 6.07) is 8.47. The number of carbonyl (C=O) groups is 3.